The number of ether oxygens (including phenoxy) is 1. The van der Waals surface area contributed by atoms with Crippen molar-refractivity contribution < 1.29 is 9.53 Å². The zero-order valence-electron chi connectivity index (χ0n) is 11.8. The van der Waals surface area contributed by atoms with Crippen molar-refractivity contribution in [3.8, 4) is 5.75 Å². The quantitative estimate of drug-likeness (QED) is 0.917. The molecule has 0 radical (unpaired) electrons. The molecular weight excluding hydrogens is 252 g/mol. The third kappa shape index (κ3) is 3.12. The first kappa shape index (κ1) is 13.4. The van der Waals surface area contributed by atoms with Crippen LogP contribution in [0.5, 0.6) is 5.75 Å². The molecule has 0 aromatic heterocycles. The van der Waals surface area contributed by atoms with E-state index in [4.69, 9.17) is 4.74 Å². The molecule has 0 spiro atoms. The number of hydrogen-bond donors (Lipinski definition) is 1. The van der Waals surface area contributed by atoms with E-state index in [2.05, 4.69) is 5.32 Å². The molecule has 0 bridgehead atoms. The van der Waals surface area contributed by atoms with Gasteiger partial charge in [-0.25, -0.2) is 0 Å². The van der Waals surface area contributed by atoms with Gasteiger partial charge in [0, 0.05) is 31.7 Å². The van der Waals surface area contributed by atoms with Gasteiger partial charge < -0.3 is 15.0 Å². The maximum atomic E-state index is 12.3. The molecule has 1 aliphatic heterocycles. The Morgan fingerprint density at radius 1 is 1.10 bits per heavy atom. The molecule has 1 aromatic carbocycles. The molecule has 1 N–H and O–H groups in total. The second-order valence-corrected chi connectivity index (χ2v) is 5.59. The van der Waals surface area contributed by atoms with E-state index < -0.39 is 0 Å². The Labute approximate surface area is 120 Å². The van der Waals surface area contributed by atoms with Crippen molar-refractivity contribution in [3.63, 3.8) is 0 Å². The standard InChI is InChI=1S/C16H22N2O2/c19-16(18-11-9-17-10-12-18)13-5-7-15(8-6-13)20-14-3-1-2-4-14/h5-8,14,17H,1-4,9-12H2. The van der Waals surface area contributed by atoms with Crippen molar-refractivity contribution in [1.82, 2.24) is 10.2 Å². The SMILES string of the molecule is O=C(c1ccc(OC2CCCC2)cc1)N1CCNCC1. The highest BCUT2D eigenvalue weighted by Crippen LogP contribution is 2.24. The van der Waals surface area contributed by atoms with E-state index in [1.807, 2.05) is 29.2 Å². The van der Waals surface area contributed by atoms with E-state index in [9.17, 15) is 4.79 Å². The molecule has 2 fully saturated rings. The Hall–Kier alpha value is -1.55. The third-order valence-corrected chi connectivity index (χ3v) is 4.11. The van der Waals surface area contributed by atoms with Crippen LogP contribution < -0.4 is 10.1 Å². The highest BCUT2D eigenvalue weighted by Gasteiger charge is 2.19. The molecule has 3 rings (SSSR count). The van der Waals surface area contributed by atoms with Crippen LogP contribution >= 0.6 is 0 Å². The Morgan fingerprint density at radius 3 is 2.40 bits per heavy atom. The van der Waals surface area contributed by atoms with Crippen LogP contribution in [-0.4, -0.2) is 43.1 Å². The molecule has 0 unspecified atom stereocenters. The molecule has 1 saturated carbocycles. The average Bonchev–Trinajstić information content (AvgIpc) is 3.01. The van der Waals surface area contributed by atoms with Crippen molar-refractivity contribution in [2.75, 3.05) is 26.2 Å². The van der Waals surface area contributed by atoms with Crippen LogP contribution in [-0.2, 0) is 0 Å². The third-order valence-electron chi connectivity index (χ3n) is 4.11. The highest BCUT2D eigenvalue weighted by molar-refractivity contribution is 5.94. The molecule has 0 atom stereocenters. The largest absolute Gasteiger partial charge is 0.490 e. The number of hydrogen-bond acceptors (Lipinski definition) is 3. The minimum atomic E-state index is 0.124. The van der Waals surface area contributed by atoms with Gasteiger partial charge in [0.05, 0.1) is 6.10 Å². The number of carbonyl (C=O) groups is 1. The molecule has 1 heterocycles. The Morgan fingerprint density at radius 2 is 1.75 bits per heavy atom. The molecule has 1 amide bonds. The van der Waals surface area contributed by atoms with Crippen LogP contribution in [0.25, 0.3) is 0 Å². The van der Waals surface area contributed by atoms with Gasteiger partial charge in [-0.15, -0.1) is 0 Å². The molecule has 1 aliphatic carbocycles. The molecular formula is C16H22N2O2. The van der Waals surface area contributed by atoms with Crippen LogP contribution in [0.4, 0.5) is 0 Å². The van der Waals surface area contributed by atoms with Gasteiger partial charge in [-0.2, -0.15) is 0 Å². The first-order valence-electron chi connectivity index (χ1n) is 7.59. The topological polar surface area (TPSA) is 41.6 Å². The van der Waals surface area contributed by atoms with Gasteiger partial charge in [-0.05, 0) is 49.9 Å². The van der Waals surface area contributed by atoms with Gasteiger partial charge in [0.15, 0.2) is 0 Å². The summed E-state index contributed by atoms with van der Waals surface area (Å²) in [6, 6.07) is 7.62. The van der Waals surface area contributed by atoms with Gasteiger partial charge in [-0.3, -0.25) is 4.79 Å². The van der Waals surface area contributed by atoms with Crippen LogP contribution in [0.3, 0.4) is 0 Å². The van der Waals surface area contributed by atoms with Crippen LogP contribution in [0, 0.1) is 0 Å². The van der Waals surface area contributed by atoms with Crippen molar-refractivity contribution in [3.05, 3.63) is 29.8 Å². The lowest BCUT2D eigenvalue weighted by atomic mass is 10.1. The first-order chi connectivity index (χ1) is 9.83. The molecule has 1 saturated heterocycles. The summed E-state index contributed by atoms with van der Waals surface area (Å²) >= 11 is 0. The lowest BCUT2D eigenvalue weighted by molar-refractivity contribution is 0.0736. The van der Waals surface area contributed by atoms with E-state index in [0.29, 0.717) is 6.10 Å². The Kier molecular flexibility index (Phi) is 4.21. The minimum Gasteiger partial charge on any atom is -0.490 e. The summed E-state index contributed by atoms with van der Waals surface area (Å²) in [7, 11) is 0. The lowest BCUT2D eigenvalue weighted by Crippen LogP contribution is -2.46. The number of benzene rings is 1. The fourth-order valence-corrected chi connectivity index (χ4v) is 2.93. The molecule has 1 aromatic rings. The summed E-state index contributed by atoms with van der Waals surface area (Å²) < 4.78 is 5.92. The Balaban J connectivity index is 1.61. The van der Waals surface area contributed by atoms with Gasteiger partial charge in [0.25, 0.3) is 5.91 Å². The summed E-state index contributed by atoms with van der Waals surface area (Å²) in [5, 5.41) is 3.26. The summed E-state index contributed by atoms with van der Waals surface area (Å²) in [6.07, 6.45) is 5.21. The monoisotopic (exact) mass is 274 g/mol. The number of piperazine rings is 1. The summed E-state index contributed by atoms with van der Waals surface area (Å²) in [5.41, 5.74) is 0.755. The molecule has 108 valence electrons. The fourth-order valence-electron chi connectivity index (χ4n) is 2.93. The first-order valence-corrected chi connectivity index (χ1v) is 7.59. The predicted octanol–water partition coefficient (Wildman–Crippen LogP) is 2.05. The van der Waals surface area contributed by atoms with E-state index in [1.54, 1.807) is 0 Å². The number of rotatable bonds is 3. The number of nitrogens with one attached hydrogen (secondary N) is 1. The normalized spacial score (nSPS) is 20.1. The molecule has 20 heavy (non-hydrogen) atoms. The van der Waals surface area contributed by atoms with Crippen molar-refractivity contribution >= 4 is 5.91 Å². The van der Waals surface area contributed by atoms with Crippen LogP contribution in [0.1, 0.15) is 36.0 Å². The Bertz CT molecular complexity index is 446. The van der Waals surface area contributed by atoms with Gasteiger partial charge >= 0.3 is 0 Å². The molecule has 2 aliphatic rings. The molecule has 4 heteroatoms. The number of nitrogens with zero attached hydrogens (tertiary/aromatic N) is 1. The molecule has 4 nitrogen and oxygen atoms in total. The fraction of sp³-hybridized carbons (Fsp3) is 0.562. The summed E-state index contributed by atoms with van der Waals surface area (Å²) in [5.74, 6) is 1.01. The van der Waals surface area contributed by atoms with E-state index >= 15 is 0 Å². The smallest absolute Gasteiger partial charge is 0.253 e. The average molecular weight is 274 g/mol. The van der Waals surface area contributed by atoms with Crippen molar-refractivity contribution in [2.24, 2.45) is 0 Å². The summed E-state index contributed by atoms with van der Waals surface area (Å²) in [6.45, 7) is 3.35. The lowest BCUT2D eigenvalue weighted by Gasteiger charge is -2.27. The van der Waals surface area contributed by atoms with Gasteiger partial charge in [0.1, 0.15) is 5.75 Å². The van der Waals surface area contributed by atoms with E-state index in [0.717, 1.165) is 50.3 Å². The zero-order chi connectivity index (χ0) is 13.8. The minimum absolute atomic E-state index is 0.124. The second kappa shape index (κ2) is 6.27. The van der Waals surface area contributed by atoms with Crippen LogP contribution in [0.15, 0.2) is 24.3 Å². The zero-order valence-corrected chi connectivity index (χ0v) is 11.8. The van der Waals surface area contributed by atoms with Crippen molar-refractivity contribution in [1.29, 1.82) is 0 Å². The maximum absolute atomic E-state index is 12.3. The second-order valence-electron chi connectivity index (χ2n) is 5.59. The predicted molar refractivity (Wildman–Crippen MR) is 78.1 cm³/mol. The number of amides is 1. The number of carbonyl (C=O) groups excluding carboxylic acids is 1. The van der Waals surface area contributed by atoms with Crippen LogP contribution in [0.2, 0.25) is 0 Å². The summed E-state index contributed by atoms with van der Waals surface area (Å²) in [4.78, 5) is 14.2. The maximum Gasteiger partial charge on any atom is 0.253 e. The van der Waals surface area contributed by atoms with E-state index in [-0.39, 0.29) is 5.91 Å². The highest BCUT2D eigenvalue weighted by atomic mass is 16.5. The van der Waals surface area contributed by atoms with Gasteiger partial charge in [0.2, 0.25) is 0 Å². The van der Waals surface area contributed by atoms with Crippen molar-refractivity contribution in [2.45, 2.75) is 31.8 Å². The van der Waals surface area contributed by atoms with E-state index in [1.165, 1.54) is 12.8 Å². The van der Waals surface area contributed by atoms with Gasteiger partial charge in [-0.1, -0.05) is 0 Å².